The van der Waals surface area contributed by atoms with Crippen molar-refractivity contribution in [2.24, 2.45) is 0 Å². The minimum Gasteiger partial charge on any atom is -0.333 e. The van der Waals surface area contributed by atoms with E-state index in [4.69, 9.17) is 11.1 Å². The minimum atomic E-state index is 0.175. The molecule has 5 heteroatoms. The quantitative estimate of drug-likeness (QED) is 0.683. The van der Waals surface area contributed by atoms with Crippen LogP contribution in [0.4, 0.5) is 0 Å². The van der Waals surface area contributed by atoms with Gasteiger partial charge in [0.05, 0.1) is 4.88 Å². The molecule has 0 aliphatic rings. The van der Waals surface area contributed by atoms with Crippen molar-refractivity contribution in [2.45, 2.75) is 6.54 Å². The SMILES string of the molecule is [C-]#[N+]Cc1noc(-c2cccs2)n1. The Balaban J connectivity index is 2.29. The first-order valence-corrected chi connectivity index (χ1v) is 4.48. The van der Waals surface area contributed by atoms with Crippen molar-refractivity contribution in [2.75, 3.05) is 0 Å². The van der Waals surface area contributed by atoms with E-state index in [1.165, 1.54) is 11.3 Å². The van der Waals surface area contributed by atoms with Gasteiger partial charge in [-0.3, -0.25) is 0 Å². The van der Waals surface area contributed by atoms with E-state index in [0.29, 0.717) is 11.7 Å². The summed E-state index contributed by atoms with van der Waals surface area (Å²) in [6.45, 7) is 6.81. The molecule has 4 nitrogen and oxygen atoms in total. The van der Waals surface area contributed by atoms with Crippen LogP contribution in [0.1, 0.15) is 5.82 Å². The number of rotatable bonds is 2. The third-order valence-corrected chi connectivity index (χ3v) is 2.28. The highest BCUT2D eigenvalue weighted by atomic mass is 32.1. The van der Waals surface area contributed by atoms with Crippen molar-refractivity contribution >= 4 is 11.3 Å². The van der Waals surface area contributed by atoms with Gasteiger partial charge in [0, 0.05) is 0 Å². The van der Waals surface area contributed by atoms with E-state index in [1.54, 1.807) is 0 Å². The largest absolute Gasteiger partial charge is 0.333 e. The summed E-state index contributed by atoms with van der Waals surface area (Å²) in [5.74, 6) is 0.937. The average molecular weight is 191 g/mol. The van der Waals surface area contributed by atoms with Gasteiger partial charge in [-0.25, -0.2) is 6.57 Å². The zero-order valence-electron chi connectivity index (χ0n) is 6.60. The molecule has 0 N–H and O–H groups in total. The van der Waals surface area contributed by atoms with Crippen LogP contribution in [0.3, 0.4) is 0 Å². The summed E-state index contributed by atoms with van der Waals surface area (Å²) in [6.07, 6.45) is 0. The molecule has 2 heterocycles. The zero-order chi connectivity index (χ0) is 9.10. The van der Waals surface area contributed by atoms with Gasteiger partial charge < -0.3 is 9.37 Å². The van der Waals surface area contributed by atoms with Gasteiger partial charge in [0.1, 0.15) is 0 Å². The predicted octanol–water partition coefficient (Wildman–Crippen LogP) is 2.22. The Labute approximate surface area is 78.6 Å². The molecule has 2 aromatic rings. The third-order valence-electron chi connectivity index (χ3n) is 1.42. The smallest absolute Gasteiger partial charge is 0.276 e. The first-order chi connectivity index (χ1) is 6.40. The molecule has 0 saturated carbocycles. The number of hydrogen-bond acceptors (Lipinski definition) is 4. The Morgan fingerprint density at radius 2 is 2.54 bits per heavy atom. The lowest BCUT2D eigenvalue weighted by Crippen LogP contribution is -1.80. The van der Waals surface area contributed by atoms with E-state index >= 15 is 0 Å². The molecule has 0 aliphatic heterocycles. The number of hydrogen-bond donors (Lipinski definition) is 0. The topological polar surface area (TPSA) is 43.3 Å². The van der Waals surface area contributed by atoms with Gasteiger partial charge in [0.25, 0.3) is 18.3 Å². The summed E-state index contributed by atoms with van der Waals surface area (Å²) in [6, 6.07) is 3.82. The highest BCUT2D eigenvalue weighted by Crippen LogP contribution is 2.22. The third kappa shape index (κ3) is 1.58. The van der Waals surface area contributed by atoms with Gasteiger partial charge in [-0.05, 0) is 11.4 Å². The number of aromatic nitrogens is 2. The van der Waals surface area contributed by atoms with Crippen molar-refractivity contribution in [1.82, 2.24) is 10.1 Å². The minimum absolute atomic E-state index is 0.175. The molecule has 0 fully saturated rings. The summed E-state index contributed by atoms with van der Waals surface area (Å²) in [5.41, 5.74) is 0. The van der Waals surface area contributed by atoms with Crippen molar-refractivity contribution in [3.63, 3.8) is 0 Å². The normalized spacial score (nSPS) is 9.77. The molecule has 13 heavy (non-hydrogen) atoms. The predicted molar refractivity (Wildman–Crippen MR) is 47.9 cm³/mol. The van der Waals surface area contributed by atoms with Gasteiger partial charge in [0.2, 0.25) is 0 Å². The van der Waals surface area contributed by atoms with Crippen LogP contribution < -0.4 is 0 Å². The molecule has 0 aromatic carbocycles. The summed E-state index contributed by atoms with van der Waals surface area (Å²) in [7, 11) is 0. The molecule has 0 atom stereocenters. The van der Waals surface area contributed by atoms with E-state index in [0.717, 1.165) is 4.88 Å². The van der Waals surface area contributed by atoms with Crippen LogP contribution >= 0.6 is 11.3 Å². The molecular formula is C8H5N3OS. The fraction of sp³-hybridized carbons (Fsp3) is 0.125. The molecule has 0 saturated heterocycles. The highest BCUT2D eigenvalue weighted by Gasteiger charge is 2.10. The van der Waals surface area contributed by atoms with Crippen molar-refractivity contribution < 1.29 is 4.52 Å². The second-order valence-corrected chi connectivity index (χ2v) is 3.26. The Morgan fingerprint density at radius 1 is 1.62 bits per heavy atom. The Kier molecular flexibility index (Phi) is 2.06. The second-order valence-electron chi connectivity index (χ2n) is 2.31. The Bertz CT molecular complexity index is 426. The maximum Gasteiger partial charge on any atom is 0.276 e. The lowest BCUT2D eigenvalue weighted by atomic mass is 10.5. The second kappa shape index (κ2) is 3.37. The van der Waals surface area contributed by atoms with Crippen LogP contribution in [-0.4, -0.2) is 10.1 Å². The van der Waals surface area contributed by atoms with Crippen molar-refractivity contribution in [3.05, 3.63) is 34.8 Å². The summed E-state index contributed by atoms with van der Waals surface area (Å²) in [5, 5.41) is 5.61. The van der Waals surface area contributed by atoms with E-state index in [9.17, 15) is 0 Å². The molecule has 0 aliphatic carbocycles. The molecule has 0 unspecified atom stereocenters. The molecule has 0 bridgehead atoms. The van der Waals surface area contributed by atoms with Crippen LogP contribution in [0, 0.1) is 6.57 Å². The molecule has 2 aromatic heterocycles. The standard InChI is InChI=1S/C8H5N3OS/c1-9-5-7-10-8(12-11-7)6-3-2-4-13-6/h2-4H,5H2. The van der Waals surface area contributed by atoms with Crippen molar-refractivity contribution in [1.29, 1.82) is 0 Å². The number of nitrogens with zero attached hydrogens (tertiary/aromatic N) is 3. The van der Waals surface area contributed by atoms with E-state index in [-0.39, 0.29) is 6.54 Å². The van der Waals surface area contributed by atoms with Gasteiger partial charge in [-0.1, -0.05) is 11.2 Å². The van der Waals surface area contributed by atoms with E-state index in [2.05, 4.69) is 15.0 Å². The molecular weight excluding hydrogens is 186 g/mol. The van der Waals surface area contributed by atoms with Gasteiger partial charge in [-0.2, -0.15) is 4.98 Å². The number of thiophene rings is 1. The molecule has 0 spiro atoms. The zero-order valence-corrected chi connectivity index (χ0v) is 7.41. The van der Waals surface area contributed by atoms with Crippen LogP contribution in [0.5, 0.6) is 0 Å². The molecule has 0 radical (unpaired) electrons. The van der Waals surface area contributed by atoms with Crippen molar-refractivity contribution in [3.8, 4) is 10.8 Å². The summed E-state index contributed by atoms with van der Waals surface area (Å²) >= 11 is 1.53. The summed E-state index contributed by atoms with van der Waals surface area (Å²) in [4.78, 5) is 8.16. The Morgan fingerprint density at radius 3 is 3.23 bits per heavy atom. The maximum atomic E-state index is 6.63. The van der Waals surface area contributed by atoms with E-state index < -0.39 is 0 Å². The van der Waals surface area contributed by atoms with Gasteiger partial charge in [0.15, 0.2) is 0 Å². The van der Waals surface area contributed by atoms with Crippen LogP contribution in [0.25, 0.3) is 15.6 Å². The van der Waals surface area contributed by atoms with Crippen LogP contribution in [0.15, 0.2) is 22.0 Å². The molecule has 0 amide bonds. The summed E-state index contributed by atoms with van der Waals surface area (Å²) < 4.78 is 4.97. The van der Waals surface area contributed by atoms with Gasteiger partial charge in [-0.15, -0.1) is 11.3 Å². The lowest BCUT2D eigenvalue weighted by molar-refractivity contribution is 0.425. The molecule has 64 valence electrons. The monoisotopic (exact) mass is 191 g/mol. The fourth-order valence-corrected chi connectivity index (χ4v) is 1.53. The maximum absolute atomic E-state index is 6.63. The Hall–Kier alpha value is -1.67. The van der Waals surface area contributed by atoms with Crippen LogP contribution in [-0.2, 0) is 6.54 Å². The van der Waals surface area contributed by atoms with E-state index in [1.807, 2.05) is 17.5 Å². The average Bonchev–Trinajstić information content (AvgIpc) is 2.70. The first kappa shape index (κ1) is 7.95. The van der Waals surface area contributed by atoms with Crippen LogP contribution in [0.2, 0.25) is 0 Å². The highest BCUT2D eigenvalue weighted by molar-refractivity contribution is 7.13. The fourth-order valence-electron chi connectivity index (χ4n) is 0.889. The molecule has 2 rings (SSSR count). The lowest BCUT2D eigenvalue weighted by Gasteiger charge is -1.81. The van der Waals surface area contributed by atoms with Gasteiger partial charge >= 0.3 is 0 Å². The first-order valence-electron chi connectivity index (χ1n) is 3.60.